The summed E-state index contributed by atoms with van der Waals surface area (Å²) in [5, 5.41) is 0. The van der Waals surface area contributed by atoms with Gasteiger partial charge in [0.05, 0.1) is 4.90 Å². The minimum atomic E-state index is -3.47. The molecule has 0 saturated heterocycles. The van der Waals surface area contributed by atoms with Crippen LogP contribution in [0.1, 0.15) is 18.2 Å². The maximum Gasteiger partial charge on any atom is 0.267 e. The zero-order valence-electron chi connectivity index (χ0n) is 10.7. The summed E-state index contributed by atoms with van der Waals surface area (Å²) in [6, 6.07) is 10.5. The molecular formula is C15H15NO2S. The molecule has 0 aliphatic heterocycles. The molecule has 0 N–H and O–H groups in total. The van der Waals surface area contributed by atoms with Gasteiger partial charge >= 0.3 is 0 Å². The molecule has 0 unspecified atom stereocenters. The van der Waals surface area contributed by atoms with Gasteiger partial charge in [-0.2, -0.15) is 0 Å². The van der Waals surface area contributed by atoms with E-state index in [0.29, 0.717) is 11.3 Å². The summed E-state index contributed by atoms with van der Waals surface area (Å²) in [7, 11) is -3.47. The summed E-state index contributed by atoms with van der Waals surface area (Å²) in [6.45, 7) is 2.08. The number of hydrogen-bond acceptors (Lipinski definition) is 2. The van der Waals surface area contributed by atoms with Crippen molar-refractivity contribution < 1.29 is 8.42 Å². The predicted molar refractivity (Wildman–Crippen MR) is 74.6 cm³/mol. The number of allylic oxidation sites excluding steroid dienone is 2. The molecule has 1 heterocycles. The van der Waals surface area contributed by atoms with Crippen molar-refractivity contribution in [3.63, 3.8) is 0 Å². The van der Waals surface area contributed by atoms with Gasteiger partial charge in [0.15, 0.2) is 0 Å². The van der Waals surface area contributed by atoms with Gasteiger partial charge in [-0.05, 0) is 37.1 Å². The fraction of sp³-hybridized carbons (Fsp3) is 0.200. The summed E-state index contributed by atoms with van der Waals surface area (Å²) < 4.78 is 26.6. The molecule has 0 atom stereocenters. The lowest BCUT2D eigenvalue weighted by molar-refractivity contribution is 0.585. The maximum atomic E-state index is 12.6. The molecule has 3 rings (SSSR count). The lowest BCUT2D eigenvalue weighted by Crippen LogP contribution is -2.16. The number of benzene rings is 1. The molecule has 0 amide bonds. The Morgan fingerprint density at radius 2 is 1.84 bits per heavy atom. The van der Waals surface area contributed by atoms with E-state index in [4.69, 9.17) is 0 Å². The van der Waals surface area contributed by atoms with Crippen LogP contribution in [0.4, 0.5) is 0 Å². The molecule has 1 aliphatic rings. The van der Waals surface area contributed by atoms with Gasteiger partial charge in [-0.1, -0.05) is 29.8 Å². The van der Waals surface area contributed by atoms with Crippen molar-refractivity contribution in [1.82, 2.24) is 3.97 Å². The van der Waals surface area contributed by atoms with Gasteiger partial charge in [0.2, 0.25) is 0 Å². The second-order valence-electron chi connectivity index (χ2n) is 4.83. The van der Waals surface area contributed by atoms with E-state index in [1.165, 1.54) is 9.55 Å². The third-order valence-corrected chi connectivity index (χ3v) is 5.19. The van der Waals surface area contributed by atoms with Crippen molar-refractivity contribution in [3.8, 4) is 0 Å². The van der Waals surface area contributed by atoms with Gasteiger partial charge < -0.3 is 0 Å². The first kappa shape index (κ1) is 12.2. The Bertz CT molecular complexity index is 740. The summed E-state index contributed by atoms with van der Waals surface area (Å²) in [5.41, 5.74) is 3.29. The number of nitrogens with zero attached hydrogens (tertiary/aromatic N) is 1. The molecule has 19 heavy (non-hydrogen) atoms. The van der Waals surface area contributed by atoms with E-state index in [-0.39, 0.29) is 0 Å². The van der Waals surface area contributed by atoms with Crippen LogP contribution in [0.15, 0.2) is 59.1 Å². The molecule has 0 spiro atoms. The Labute approximate surface area is 113 Å². The van der Waals surface area contributed by atoms with Crippen molar-refractivity contribution in [2.45, 2.75) is 24.7 Å². The number of aromatic nitrogens is 1. The van der Waals surface area contributed by atoms with Crippen molar-refractivity contribution >= 4 is 10.0 Å². The smallest absolute Gasteiger partial charge is 0.245 e. The van der Waals surface area contributed by atoms with Crippen molar-refractivity contribution in [1.29, 1.82) is 0 Å². The first-order valence-corrected chi connectivity index (χ1v) is 7.68. The van der Waals surface area contributed by atoms with Crippen molar-refractivity contribution in [2.75, 3.05) is 0 Å². The van der Waals surface area contributed by atoms with Gasteiger partial charge in [-0.3, -0.25) is 0 Å². The minimum Gasteiger partial charge on any atom is -0.245 e. The van der Waals surface area contributed by atoms with E-state index in [1.54, 1.807) is 30.5 Å². The lowest BCUT2D eigenvalue weighted by Gasteiger charge is -2.15. The van der Waals surface area contributed by atoms with Crippen LogP contribution in [0.5, 0.6) is 0 Å². The molecule has 1 aliphatic carbocycles. The molecule has 1 aromatic carbocycles. The molecule has 0 saturated carbocycles. The maximum absolute atomic E-state index is 12.6. The molecule has 4 heteroatoms. The number of rotatable bonds is 2. The highest BCUT2D eigenvalue weighted by atomic mass is 32.2. The normalized spacial score (nSPS) is 14.9. The lowest BCUT2D eigenvalue weighted by atomic mass is 9.99. The van der Waals surface area contributed by atoms with E-state index in [0.717, 1.165) is 17.7 Å². The summed E-state index contributed by atoms with van der Waals surface area (Å²) >= 11 is 0. The van der Waals surface area contributed by atoms with Crippen LogP contribution >= 0.6 is 0 Å². The monoisotopic (exact) mass is 273 g/mol. The Hall–Kier alpha value is -1.81. The van der Waals surface area contributed by atoms with Crippen molar-refractivity contribution in [2.24, 2.45) is 0 Å². The number of fused-ring (bicyclic) bond motifs is 1. The number of hydrogen-bond donors (Lipinski definition) is 0. The Balaban J connectivity index is 2.11. The van der Waals surface area contributed by atoms with Crippen LogP contribution < -0.4 is 0 Å². The molecule has 3 nitrogen and oxygen atoms in total. The van der Waals surface area contributed by atoms with Crippen LogP contribution in [0.2, 0.25) is 0 Å². The molecule has 2 aromatic rings. The molecule has 0 bridgehead atoms. The highest BCUT2D eigenvalue weighted by molar-refractivity contribution is 7.90. The van der Waals surface area contributed by atoms with Gasteiger partial charge in [0.25, 0.3) is 10.0 Å². The summed E-state index contributed by atoms with van der Waals surface area (Å²) in [4.78, 5) is 0.333. The third kappa shape index (κ3) is 2.02. The van der Waals surface area contributed by atoms with Gasteiger partial charge in [-0.25, -0.2) is 12.4 Å². The Morgan fingerprint density at radius 3 is 2.58 bits per heavy atom. The SMILES string of the molecule is CC1=CCc2c(ccn2S(=O)(=O)c2ccccc2)C1. The van der Waals surface area contributed by atoms with Crippen LogP contribution in [0.25, 0.3) is 0 Å². The van der Waals surface area contributed by atoms with Crippen LogP contribution in [-0.4, -0.2) is 12.4 Å². The van der Waals surface area contributed by atoms with E-state index in [2.05, 4.69) is 13.0 Å². The first-order chi connectivity index (χ1) is 9.09. The fourth-order valence-corrected chi connectivity index (χ4v) is 3.87. The zero-order valence-corrected chi connectivity index (χ0v) is 11.5. The van der Waals surface area contributed by atoms with E-state index in [9.17, 15) is 8.42 Å². The summed E-state index contributed by atoms with van der Waals surface area (Å²) in [6.07, 6.45) is 5.28. The average Bonchev–Trinajstić information content (AvgIpc) is 2.83. The quantitative estimate of drug-likeness (QED) is 0.789. The minimum absolute atomic E-state index is 0.333. The van der Waals surface area contributed by atoms with Crippen molar-refractivity contribution in [3.05, 3.63) is 65.5 Å². The summed E-state index contributed by atoms with van der Waals surface area (Å²) in [5.74, 6) is 0. The molecular weight excluding hydrogens is 258 g/mol. The fourth-order valence-electron chi connectivity index (χ4n) is 2.44. The van der Waals surface area contributed by atoms with Gasteiger partial charge in [0, 0.05) is 18.3 Å². The van der Waals surface area contributed by atoms with Crippen LogP contribution in [0, 0.1) is 0 Å². The Kier molecular flexibility index (Phi) is 2.82. The van der Waals surface area contributed by atoms with Crippen LogP contribution in [0.3, 0.4) is 0 Å². The van der Waals surface area contributed by atoms with E-state index >= 15 is 0 Å². The van der Waals surface area contributed by atoms with Gasteiger partial charge in [-0.15, -0.1) is 0 Å². The van der Waals surface area contributed by atoms with E-state index in [1.807, 2.05) is 12.1 Å². The standard InChI is InChI=1S/C15H15NO2S/c1-12-7-8-15-13(11-12)9-10-16(15)19(17,18)14-5-3-2-4-6-14/h2-7,9-10H,8,11H2,1H3. The predicted octanol–water partition coefficient (Wildman–Crippen LogP) is 2.77. The second-order valence-corrected chi connectivity index (χ2v) is 6.65. The second kappa shape index (κ2) is 4.38. The zero-order chi connectivity index (χ0) is 13.5. The topological polar surface area (TPSA) is 39.1 Å². The molecule has 0 radical (unpaired) electrons. The first-order valence-electron chi connectivity index (χ1n) is 6.24. The van der Waals surface area contributed by atoms with Gasteiger partial charge in [0.1, 0.15) is 0 Å². The van der Waals surface area contributed by atoms with E-state index < -0.39 is 10.0 Å². The Morgan fingerprint density at radius 1 is 1.11 bits per heavy atom. The molecule has 1 aromatic heterocycles. The largest absolute Gasteiger partial charge is 0.267 e. The molecule has 98 valence electrons. The average molecular weight is 273 g/mol. The highest BCUT2D eigenvalue weighted by Crippen LogP contribution is 2.25. The molecule has 0 fully saturated rings. The third-order valence-electron chi connectivity index (χ3n) is 3.46. The van der Waals surface area contributed by atoms with Crippen LogP contribution in [-0.2, 0) is 22.9 Å². The highest BCUT2D eigenvalue weighted by Gasteiger charge is 2.22.